The molecule has 1 heterocycles. The Morgan fingerprint density at radius 2 is 1.75 bits per heavy atom. The van der Waals surface area contributed by atoms with Crippen molar-refractivity contribution in [3.63, 3.8) is 0 Å². The quantitative estimate of drug-likeness (QED) is 0.296. The zero-order valence-electron chi connectivity index (χ0n) is 20.2. The average molecular weight is 453 g/mol. The van der Waals surface area contributed by atoms with E-state index >= 15 is 0 Å². The van der Waals surface area contributed by atoms with Crippen LogP contribution < -0.4 is 10.1 Å². The number of rotatable bonds is 12. The van der Waals surface area contributed by atoms with E-state index in [9.17, 15) is 0 Å². The number of unbranched alkanes of at least 4 members (excludes halogenated alkanes) is 6. The van der Waals surface area contributed by atoms with Gasteiger partial charge in [0.1, 0.15) is 10.7 Å². The molecule has 2 aromatic rings. The van der Waals surface area contributed by atoms with Crippen molar-refractivity contribution in [2.45, 2.75) is 77.8 Å². The number of methoxy groups -OCH3 is 1. The minimum atomic E-state index is 0.457. The van der Waals surface area contributed by atoms with Crippen molar-refractivity contribution in [2.24, 2.45) is 0 Å². The van der Waals surface area contributed by atoms with Gasteiger partial charge in [0.2, 0.25) is 0 Å². The normalized spacial score (nSPS) is 15.9. The number of ether oxygens (including phenoxy) is 1. The van der Waals surface area contributed by atoms with Crippen molar-refractivity contribution in [3.05, 3.63) is 64.7 Å². The van der Waals surface area contributed by atoms with Crippen LogP contribution in [0.3, 0.4) is 0 Å². The van der Waals surface area contributed by atoms with Crippen LogP contribution in [0.1, 0.15) is 74.1 Å². The third kappa shape index (κ3) is 7.05. The van der Waals surface area contributed by atoms with Gasteiger partial charge in [0.15, 0.2) is 0 Å². The van der Waals surface area contributed by atoms with Crippen LogP contribution in [0.25, 0.3) is 0 Å². The van der Waals surface area contributed by atoms with E-state index in [1.807, 2.05) is 6.07 Å². The summed E-state index contributed by atoms with van der Waals surface area (Å²) in [5.41, 5.74) is 5.14. The van der Waals surface area contributed by atoms with Gasteiger partial charge in [-0.25, -0.2) is 0 Å². The molecule has 0 fully saturated rings. The third-order valence-corrected chi connectivity index (χ3v) is 6.97. The minimum Gasteiger partial charge on any atom is -0.496 e. The van der Waals surface area contributed by atoms with Crippen LogP contribution in [0.5, 0.6) is 5.75 Å². The summed E-state index contributed by atoms with van der Waals surface area (Å²) >= 11 is 5.77. The fourth-order valence-corrected chi connectivity index (χ4v) is 4.92. The van der Waals surface area contributed by atoms with E-state index in [1.165, 1.54) is 61.6 Å². The predicted octanol–water partition coefficient (Wildman–Crippen LogP) is 6.45. The molecule has 3 rings (SSSR count). The molecule has 0 saturated carbocycles. The zero-order valence-corrected chi connectivity index (χ0v) is 21.0. The highest BCUT2D eigenvalue weighted by atomic mass is 32.1. The number of nitrogens with one attached hydrogen (secondary N) is 1. The van der Waals surface area contributed by atoms with Gasteiger partial charge in [0.05, 0.1) is 12.7 Å². The molecule has 0 radical (unpaired) electrons. The molecule has 0 aromatic heterocycles. The van der Waals surface area contributed by atoms with Crippen LogP contribution in [0.4, 0.5) is 0 Å². The Labute approximate surface area is 200 Å². The van der Waals surface area contributed by atoms with E-state index in [4.69, 9.17) is 17.0 Å². The van der Waals surface area contributed by atoms with E-state index in [2.05, 4.69) is 60.5 Å². The van der Waals surface area contributed by atoms with Gasteiger partial charge in [-0.3, -0.25) is 4.90 Å². The van der Waals surface area contributed by atoms with Gasteiger partial charge in [0, 0.05) is 19.1 Å². The first-order valence-electron chi connectivity index (χ1n) is 12.4. The molecule has 1 aliphatic rings. The maximum atomic E-state index is 5.77. The minimum absolute atomic E-state index is 0.457. The molecule has 174 valence electrons. The first-order chi connectivity index (χ1) is 15.6. The number of hydrogen-bond donors (Lipinski definition) is 1. The van der Waals surface area contributed by atoms with Crippen LogP contribution in [-0.4, -0.2) is 36.1 Å². The number of benzene rings is 2. The summed E-state index contributed by atoms with van der Waals surface area (Å²) in [5, 5.41) is 3.57. The Balaban J connectivity index is 1.59. The Morgan fingerprint density at radius 3 is 2.50 bits per heavy atom. The highest BCUT2D eigenvalue weighted by molar-refractivity contribution is 7.80. The van der Waals surface area contributed by atoms with E-state index in [0.717, 1.165) is 42.4 Å². The molecule has 3 nitrogen and oxygen atoms in total. The van der Waals surface area contributed by atoms with Crippen LogP contribution in [0.15, 0.2) is 42.5 Å². The standard InChI is InChI=1S/C28H40N2OS/c1-4-5-6-7-8-9-12-17-30-21-24-14-11-10-13-23(24)19-25(30)20-29-28(32)26-18-22(2)15-16-27(26)31-3/h10-11,13-16,18,25H,4-9,12,17,19-21H2,1-3H3,(H,29,32)/t25-/m1/s1. The lowest BCUT2D eigenvalue weighted by Crippen LogP contribution is -2.47. The van der Waals surface area contributed by atoms with Gasteiger partial charge in [-0.2, -0.15) is 0 Å². The maximum absolute atomic E-state index is 5.77. The van der Waals surface area contributed by atoms with Gasteiger partial charge in [-0.05, 0) is 49.6 Å². The summed E-state index contributed by atoms with van der Waals surface area (Å²) in [6.45, 7) is 7.44. The Morgan fingerprint density at radius 1 is 1.03 bits per heavy atom. The summed E-state index contributed by atoms with van der Waals surface area (Å²) in [4.78, 5) is 3.44. The summed E-state index contributed by atoms with van der Waals surface area (Å²) in [5.74, 6) is 0.835. The monoisotopic (exact) mass is 452 g/mol. The highest BCUT2D eigenvalue weighted by Crippen LogP contribution is 2.25. The molecule has 2 aromatic carbocycles. The molecular formula is C28H40N2OS. The number of fused-ring (bicyclic) bond motifs is 1. The molecule has 0 unspecified atom stereocenters. The van der Waals surface area contributed by atoms with Gasteiger partial charge in [0.25, 0.3) is 0 Å². The number of aryl methyl sites for hydroxylation is 1. The second-order valence-electron chi connectivity index (χ2n) is 9.13. The highest BCUT2D eigenvalue weighted by Gasteiger charge is 2.26. The van der Waals surface area contributed by atoms with Crippen molar-refractivity contribution in [2.75, 3.05) is 20.2 Å². The molecule has 1 N–H and O–H groups in total. The third-order valence-electron chi connectivity index (χ3n) is 6.61. The molecule has 1 atom stereocenters. The number of nitrogens with zero attached hydrogens (tertiary/aromatic N) is 1. The number of hydrogen-bond acceptors (Lipinski definition) is 3. The fraction of sp³-hybridized carbons (Fsp3) is 0.536. The Bertz CT molecular complexity index is 866. The maximum Gasteiger partial charge on any atom is 0.129 e. The molecule has 4 heteroatoms. The Kier molecular flexibility index (Phi) is 10.0. The topological polar surface area (TPSA) is 24.5 Å². The second kappa shape index (κ2) is 13.0. The second-order valence-corrected chi connectivity index (χ2v) is 9.54. The van der Waals surface area contributed by atoms with Crippen molar-refractivity contribution in [3.8, 4) is 5.75 Å². The molecule has 0 saturated heterocycles. The van der Waals surface area contributed by atoms with Crippen LogP contribution in [0.2, 0.25) is 0 Å². The van der Waals surface area contributed by atoms with Crippen LogP contribution in [-0.2, 0) is 13.0 Å². The van der Waals surface area contributed by atoms with Crippen molar-refractivity contribution in [1.82, 2.24) is 10.2 Å². The van der Waals surface area contributed by atoms with Gasteiger partial charge >= 0.3 is 0 Å². The first-order valence-corrected chi connectivity index (χ1v) is 12.8. The summed E-state index contributed by atoms with van der Waals surface area (Å²) in [6, 6.07) is 15.5. The van der Waals surface area contributed by atoms with E-state index in [0.29, 0.717) is 6.04 Å². The predicted molar refractivity (Wildman–Crippen MR) is 140 cm³/mol. The lowest BCUT2D eigenvalue weighted by molar-refractivity contribution is 0.168. The molecule has 1 aliphatic heterocycles. The lowest BCUT2D eigenvalue weighted by atomic mass is 9.93. The Hall–Kier alpha value is -1.91. The largest absolute Gasteiger partial charge is 0.496 e. The molecule has 0 spiro atoms. The van der Waals surface area contributed by atoms with Crippen molar-refractivity contribution < 1.29 is 4.74 Å². The van der Waals surface area contributed by atoms with Gasteiger partial charge in [-0.1, -0.05) is 93.6 Å². The molecule has 0 amide bonds. The zero-order chi connectivity index (χ0) is 22.8. The first kappa shape index (κ1) is 24.7. The van der Waals surface area contributed by atoms with Gasteiger partial charge < -0.3 is 10.1 Å². The van der Waals surface area contributed by atoms with Gasteiger partial charge in [-0.15, -0.1) is 0 Å². The van der Waals surface area contributed by atoms with Crippen molar-refractivity contribution >= 4 is 17.2 Å². The molecular weight excluding hydrogens is 412 g/mol. The molecule has 32 heavy (non-hydrogen) atoms. The summed E-state index contributed by atoms with van der Waals surface area (Å²) in [6.07, 6.45) is 10.5. The van der Waals surface area contributed by atoms with E-state index < -0.39 is 0 Å². The van der Waals surface area contributed by atoms with Crippen molar-refractivity contribution in [1.29, 1.82) is 0 Å². The molecule has 0 aliphatic carbocycles. The molecule has 0 bridgehead atoms. The van der Waals surface area contributed by atoms with Crippen LogP contribution >= 0.6 is 12.2 Å². The summed E-state index contributed by atoms with van der Waals surface area (Å²) < 4.78 is 5.54. The number of thiocarbonyl (C=S) groups is 1. The average Bonchev–Trinajstić information content (AvgIpc) is 2.81. The SMILES string of the molecule is CCCCCCCCCN1Cc2ccccc2C[C@@H]1CNC(=S)c1cc(C)ccc1OC. The fourth-order valence-electron chi connectivity index (χ4n) is 4.68. The van der Waals surface area contributed by atoms with Crippen LogP contribution in [0, 0.1) is 6.92 Å². The smallest absolute Gasteiger partial charge is 0.129 e. The summed E-state index contributed by atoms with van der Waals surface area (Å²) in [7, 11) is 1.71. The van der Waals surface area contributed by atoms with E-state index in [-0.39, 0.29) is 0 Å². The van der Waals surface area contributed by atoms with E-state index in [1.54, 1.807) is 7.11 Å². The lowest BCUT2D eigenvalue weighted by Gasteiger charge is -2.37.